The zero-order chi connectivity index (χ0) is 12.8. The summed E-state index contributed by atoms with van der Waals surface area (Å²) in [4.78, 5) is 15.2. The van der Waals surface area contributed by atoms with Crippen molar-refractivity contribution in [3.63, 3.8) is 0 Å². The minimum Gasteiger partial charge on any atom is -0.469 e. The zero-order valence-electron chi connectivity index (χ0n) is 10.00. The summed E-state index contributed by atoms with van der Waals surface area (Å²) in [6.07, 6.45) is 5.24. The monoisotopic (exact) mass is 243 g/mol. The molecule has 0 saturated carbocycles. The molecule has 0 fully saturated rings. The number of oxazole rings is 1. The van der Waals surface area contributed by atoms with Crippen LogP contribution < -0.4 is 0 Å². The number of ether oxygens (including phenoxy) is 1. The van der Waals surface area contributed by atoms with Crippen LogP contribution in [-0.4, -0.2) is 18.1 Å². The van der Waals surface area contributed by atoms with Crippen molar-refractivity contribution in [3.8, 4) is 0 Å². The van der Waals surface area contributed by atoms with Crippen molar-refractivity contribution in [2.24, 2.45) is 0 Å². The van der Waals surface area contributed by atoms with Crippen molar-refractivity contribution in [3.05, 3.63) is 53.7 Å². The molecule has 2 rings (SSSR count). The Morgan fingerprint density at radius 1 is 1.33 bits per heavy atom. The lowest BCUT2D eigenvalue weighted by molar-refractivity contribution is -0.139. The Morgan fingerprint density at radius 2 is 2.11 bits per heavy atom. The van der Waals surface area contributed by atoms with Gasteiger partial charge in [-0.05, 0) is 11.6 Å². The largest absolute Gasteiger partial charge is 0.469 e. The van der Waals surface area contributed by atoms with E-state index in [1.807, 2.05) is 36.4 Å². The lowest BCUT2D eigenvalue weighted by Gasteiger charge is -1.92. The maximum Gasteiger partial charge on any atom is 0.311 e. The highest BCUT2D eigenvalue weighted by atomic mass is 16.5. The maximum absolute atomic E-state index is 11.0. The Morgan fingerprint density at radius 3 is 2.83 bits per heavy atom. The van der Waals surface area contributed by atoms with Crippen LogP contribution in [0.5, 0.6) is 0 Å². The van der Waals surface area contributed by atoms with Gasteiger partial charge in [-0.25, -0.2) is 4.98 Å². The first-order valence-corrected chi connectivity index (χ1v) is 5.52. The van der Waals surface area contributed by atoms with E-state index in [9.17, 15) is 4.79 Å². The van der Waals surface area contributed by atoms with Crippen LogP contribution >= 0.6 is 0 Å². The van der Waals surface area contributed by atoms with Crippen LogP contribution in [0, 0.1) is 0 Å². The highest BCUT2D eigenvalue weighted by Gasteiger charge is 2.07. The van der Waals surface area contributed by atoms with Crippen molar-refractivity contribution in [1.82, 2.24) is 4.98 Å². The molecule has 0 amide bonds. The average molecular weight is 243 g/mol. The molecule has 1 aromatic carbocycles. The normalized spacial score (nSPS) is 10.7. The Hall–Kier alpha value is -2.36. The first-order valence-electron chi connectivity index (χ1n) is 5.52. The van der Waals surface area contributed by atoms with Crippen molar-refractivity contribution in [2.75, 3.05) is 7.11 Å². The molecule has 4 heteroatoms. The van der Waals surface area contributed by atoms with Crippen molar-refractivity contribution >= 4 is 18.1 Å². The summed E-state index contributed by atoms with van der Waals surface area (Å²) in [5, 5.41) is 0. The van der Waals surface area contributed by atoms with E-state index >= 15 is 0 Å². The number of esters is 1. The number of carbonyl (C=O) groups excluding carboxylic acids is 1. The first kappa shape index (κ1) is 12.1. The van der Waals surface area contributed by atoms with Gasteiger partial charge in [0.05, 0.1) is 19.2 Å². The third-order valence-electron chi connectivity index (χ3n) is 2.34. The van der Waals surface area contributed by atoms with E-state index in [1.165, 1.54) is 13.4 Å². The molecular weight excluding hydrogens is 230 g/mol. The highest BCUT2D eigenvalue weighted by molar-refractivity contribution is 5.72. The van der Waals surface area contributed by atoms with E-state index in [4.69, 9.17) is 4.42 Å². The summed E-state index contributed by atoms with van der Waals surface area (Å²) in [6.45, 7) is 0. The van der Waals surface area contributed by atoms with Gasteiger partial charge in [-0.15, -0.1) is 0 Å². The van der Waals surface area contributed by atoms with E-state index in [0.717, 1.165) is 5.56 Å². The van der Waals surface area contributed by atoms with Crippen molar-refractivity contribution in [2.45, 2.75) is 6.42 Å². The van der Waals surface area contributed by atoms with Gasteiger partial charge in [-0.3, -0.25) is 4.79 Å². The SMILES string of the molecule is COC(=O)Cc1coc(/C=C/c2ccccc2)n1. The summed E-state index contributed by atoms with van der Waals surface area (Å²) < 4.78 is 9.78. The van der Waals surface area contributed by atoms with Crippen molar-refractivity contribution < 1.29 is 13.9 Å². The fraction of sp³-hybridized carbons (Fsp3) is 0.143. The predicted octanol–water partition coefficient (Wildman–Crippen LogP) is 2.56. The van der Waals surface area contributed by atoms with Gasteiger partial charge < -0.3 is 9.15 Å². The van der Waals surface area contributed by atoms with Gasteiger partial charge in [0.25, 0.3) is 0 Å². The number of carbonyl (C=O) groups is 1. The van der Waals surface area contributed by atoms with Crippen LogP contribution in [0.15, 0.2) is 41.0 Å². The molecule has 0 aliphatic carbocycles. The minimum absolute atomic E-state index is 0.124. The van der Waals surface area contributed by atoms with E-state index < -0.39 is 0 Å². The second-order valence-electron chi connectivity index (χ2n) is 3.67. The third kappa shape index (κ3) is 3.31. The number of nitrogens with zero attached hydrogens (tertiary/aromatic N) is 1. The number of benzene rings is 1. The fourth-order valence-corrected chi connectivity index (χ4v) is 1.43. The van der Waals surface area contributed by atoms with Crippen LogP contribution in [0.4, 0.5) is 0 Å². The first-order chi connectivity index (χ1) is 8.78. The number of rotatable bonds is 4. The molecule has 0 aliphatic heterocycles. The smallest absolute Gasteiger partial charge is 0.311 e. The van der Waals surface area contributed by atoms with Gasteiger partial charge in [0.15, 0.2) is 0 Å². The predicted molar refractivity (Wildman–Crippen MR) is 67.6 cm³/mol. The molecule has 4 nitrogen and oxygen atoms in total. The number of aromatic nitrogens is 1. The maximum atomic E-state index is 11.0. The van der Waals surface area contributed by atoms with E-state index in [0.29, 0.717) is 11.6 Å². The molecule has 0 aliphatic rings. The Kier molecular flexibility index (Phi) is 3.91. The minimum atomic E-state index is -0.332. The molecule has 0 radical (unpaired) electrons. The topological polar surface area (TPSA) is 52.3 Å². The van der Waals surface area contributed by atoms with Gasteiger partial charge >= 0.3 is 5.97 Å². The molecule has 2 aromatic rings. The highest BCUT2D eigenvalue weighted by Crippen LogP contribution is 2.09. The zero-order valence-corrected chi connectivity index (χ0v) is 10.00. The third-order valence-corrected chi connectivity index (χ3v) is 2.34. The molecule has 0 N–H and O–H groups in total. The summed E-state index contributed by atoms with van der Waals surface area (Å²) in [7, 11) is 1.35. The number of methoxy groups -OCH3 is 1. The standard InChI is InChI=1S/C14H13NO3/c1-17-14(16)9-12-10-18-13(15-12)8-7-11-5-3-2-4-6-11/h2-8,10H,9H2,1H3/b8-7+. The second-order valence-corrected chi connectivity index (χ2v) is 3.67. The van der Waals surface area contributed by atoms with Gasteiger partial charge in [-0.1, -0.05) is 30.3 Å². The van der Waals surface area contributed by atoms with Crippen LogP contribution in [0.2, 0.25) is 0 Å². The summed E-state index contributed by atoms with van der Waals surface area (Å²) in [6, 6.07) is 9.83. The molecule has 18 heavy (non-hydrogen) atoms. The Balaban J connectivity index is 2.03. The quantitative estimate of drug-likeness (QED) is 0.774. The second kappa shape index (κ2) is 5.82. The van der Waals surface area contributed by atoms with Crippen LogP contribution in [0.3, 0.4) is 0 Å². The Labute approximate surface area is 105 Å². The molecule has 0 atom stereocenters. The molecule has 92 valence electrons. The Bertz CT molecular complexity index is 543. The van der Waals surface area contributed by atoms with Crippen LogP contribution in [0.1, 0.15) is 17.1 Å². The van der Waals surface area contributed by atoms with Gasteiger partial charge in [0, 0.05) is 6.08 Å². The molecule has 0 unspecified atom stereocenters. The lowest BCUT2D eigenvalue weighted by atomic mass is 10.2. The van der Waals surface area contributed by atoms with Crippen LogP contribution in [0.25, 0.3) is 12.2 Å². The number of hydrogen-bond donors (Lipinski definition) is 0. The van der Waals surface area contributed by atoms with E-state index in [-0.39, 0.29) is 12.4 Å². The van der Waals surface area contributed by atoms with E-state index in [1.54, 1.807) is 6.08 Å². The molecule has 1 aromatic heterocycles. The summed E-state index contributed by atoms with van der Waals surface area (Å²) >= 11 is 0. The van der Waals surface area contributed by atoms with E-state index in [2.05, 4.69) is 9.72 Å². The van der Waals surface area contributed by atoms with Gasteiger partial charge in [0.1, 0.15) is 6.26 Å². The molecule has 0 saturated heterocycles. The van der Waals surface area contributed by atoms with Gasteiger partial charge in [0.2, 0.25) is 5.89 Å². The summed E-state index contributed by atoms with van der Waals surface area (Å²) in [5.74, 6) is 0.139. The van der Waals surface area contributed by atoms with Crippen LogP contribution in [-0.2, 0) is 16.0 Å². The molecule has 0 bridgehead atoms. The lowest BCUT2D eigenvalue weighted by Crippen LogP contribution is -2.04. The number of hydrogen-bond acceptors (Lipinski definition) is 4. The van der Waals surface area contributed by atoms with Crippen molar-refractivity contribution in [1.29, 1.82) is 0 Å². The summed E-state index contributed by atoms with van der Waals surface area (Å²) in [5.41, 5.74) is 1.62. The molecular formula is C14H13NO3. The average Bonchev–Trinajstić information content (AvgIpc) is 2.85. The fourth-order valence-electron chi connectivity index (χ4n) is 1.43. The molecule has 1 heterocycles. The molecule has 0 spiro atoms. The van der Waals surface area contributed by atoms with Gasteiger partial charge in [-0.2, -0.15) is 0 Å².